The number of sulfone groups is 1. The first-order chi connectivity index (χ1) is 20.8. The van der Waals surface area contributed by atoms with Gasteiger partial charge in [-0.05, 0) is 48.7 Å². The van der Waals surface area contributed by atoms with E-state index in [1.165, 1.54) is 51.9 Å². The van der Waals surface area contributed by atoms with Crippen molar-refractivity contribution in [3.63, 3.8) is 0 Å². The highest BCUT2D eigenvalue weighted by Gasteiger charge is 2.46. The normalized spacial score (nSPS) is 12.7. The SMILES string of the molecule is CCCCCCCCCCCc1noc(-c2ccc(CN(C(=O)C(=O)O)C(C)c3ccc(S(=O)(=O)C(F)(F)F)cc3)cc2)n1. The summed E-state index contributed by atoms with van der Waals surface area (Å²) in [5.41, 5.74) is -4.00. The van der Waals surface area contributed by atoms with Crippen molar-refractivity contribution in [3.05, 3.63) is 65.5 Å². The Morgan fingerprint density at radius 1 is 0.909 bits per heavy atom. The Hall–Kier alpha value is -3.74. The summed E-state index contributed by atoms with van der Waals surface area (Å²) in [5, 5.41) is 13.4. The van der Waals surface area contributed by atoms with Crippen LogP contribution in [0.2, 0.25) is 0 Å². The number of benzene rings is 2. The summed E-state index contributed by atoms with van der Waals surface area (Å²) in [7, 11) is -5.55. The Kier molecular flexibility index (Phi) is 12.5. The predicted octanol–water partition coefficient (Wildman–Crippen LogP) is 7.28. The van der Waals surface area contributed by atoms with Gasteiger partial charge in [0.1, 0.15) is 0 Å². The van der Waals surface area contributed by atoms with Crippen LogP contribution in [0.15, 0.2) is 57.9 Å². The van der Waals surface area contributed by atoms with Gasteiger partial charge in [-0.25, -0.2) is 13.2 Å². The van der Waals surface area contributed by atoms with E-state index < -0.39 is 38.2 Å². The first kappa shape index (κ1) is 34.7. The number of hydrogen-bond acceptors (Lipinski definition) is 7. The summed E-state index contributed by atoms with van der Waals surface area (Å²) >= 11 is 0. The van der Waals surface area contributed by atoms with Gasteiger partial charge in [0.2, 0.25) is 0 Å². The van der Waals surface area contributed by atoms with Gasteiger partial charge >= 0.3 is 17.4 Å². The second kappa shape index (κ2) is 15.8. The lowest BCUT2D eigenvalue weighted by molar-refractivity contribution is -0.157. The van der Waals surface area contributed by atoms with E-state index in [1.807, 2.05) is 0 Å². The zero-order valence-corrected chi connectivity index (χ0v) is 25.7. The van der Waals surface area contributed by atoms with E-state index in [0.717, 1.165) is 42.0 Å². The number of amides is 1. The van der Waals surface area contributed by atoms with Gasteiger partial charge in [-0.2, -0.15) is 18.2 Å². The molecule has 0 fully saturated rings. The predicted molar refractivity (Wildman–Crippen MR) is 157 cm³/mol. The zero-order valence-electron chi connectivity index (χ0n) is 24.8. The molecule has 1 N–H and O–H groups in total. The van der Waals surface area contributed by atoms with Crippen molar-refractivity contribution in [2.24, 2.45) is 0 Å². The van der Waals surface area contributed by atoms with Crippen molar-refractivity contribution in [2.75, 3.05) is 0 Å². The van der Waals surface area contributed by atoms with Crippen molar-refractivity contribution in [2.45, 2.75) is 101 Å². The van der Waals surface area contributed by atoms with Crippen molar-refractivity contribution >= 4 is 21.7 Å². The van der Waals surface area contributed by atoms with Gasteiger partial charge in [0.15, 0.2) is 5.82 Å². The second-order valence-electron chi connectivity index (χ2n) is 10.7. The molecule has 0 saturated carbocycles. The Balaban J connectivity index is 1.61. The molecule has 0 saturated heterocycles. The number of hydrogen-bond donors (Lipinski definition) is 1. The molecular formula is C31H38F3N3O6S. The number of halogens is 3. The molecule has 3 aromatic rings. The fourth-order valence-electron chi connectivity index (χ4n) is 4.76. The quantitative estimate of drug-likeness (QED) is 0.128. The average Bonchev–Trinajstić information content (AvgIpc) is 3.47. The third-order valence-electron chi connectivity index (χ3n) is 7.41. The molecule has 0 aliphatic rings. The van der Waals surface area contributed by atoms with Crippen molar-refractivity contribution in [1.82, 2.24) is 15.0 Å². The van der Waals surface area contributed by atoms with Crippen molar-refractivity contribution in [1.29, 1.82) is 0 Å². The topological polar surface area (TPSA) is 131 Å². The summed E-state index contributed by atoms with van der Waals surface area (Å²) < 4.78 is 67.4. The average molecular weight is 638 g/mol. The Bertz CT molecular complexity index is 1470. The highest BCUT2D eigenvalue weighted by atomic mass is 32.2. The van der Waals surface area contributed by atoms with Gasteiger partial charge in [-0.15, -0.1) is 0 Å². The maximum atomic E-state index is 12.9. The zero-order chi connectivity index (χ0) is 32.3. The van der Waals surface area contributed by atoms with Gasteiger partial charge in [-0.3, -0.25) is 4.79 Å². The van der Waals surface area contributed by atoms with Crippen LogP contribution in [0.4, 0.5) is 13.2 Å². The van der Waals surface area contributed by atoms with Crippen LogP contribution in [0.1, 0.15) is 94.6 Å². The molecule has 0 radical (unpaired) electrons. The number of nitrogens with zero attached hydrogens (tertiary/aromatic N) is 3. The van der Waals surface area contributed by atoms with E-state index in [-0.39, 0.29) is 12.1 Å². The van der Waals surface area contributed by atoms with Crippen LogP contribution >= 0.6 is 0 Å². The Labute approximate surface area is 255 Å². The van der Waals surface area contributed by atoms with Crippen molar-refractivity contribution in [3.8, 4) is 11.5 Å². The van der Waals surface area contributed by atoms with Crippen LogP contribution < -0.4 is 0 Å². The monoisotopic (exact) mass is 637 g/mol. The maximum Gasteiger partial charge on any atom is 0.501 e. The Morgan fingerprint density at radius 2 is 1.48 bits per heavy atom. The van der Waals surface area contributed by atoms with E-state index >= 15 is 0 Å². The molecule has 1 unspecified atom stereocenters. The minimum absolute atomic E-state index is 0.136. The van der Waals surface area contributed by atoms with Crippen LogP contribution in [0.25, 0.3) is 11.5 Å². The Morgan fingerprint density at radius 3 is 2.02 bits per heavy atom. The number of unbranched alkanes of at least 4 members (excludes halogenated alkanes) is 8. The summed E-state index contributed by atoms with van der Waals surface area (Å²) in [5.74, 6) is -1.99. The fourth-order valence-corrected chi connectivity index (χ4v) is 5.52. The number of rotatable bonds is 16. The summed E-state index contributed by atoms with van der Waals surface area (Å²) in [4.78, 5) is 28.7. The molecule has 0 aliphatic carbocycles. The number of alkyl halides is 3. The second-order valence-corrected chi connectivity index (χ2v) is 12.7. The number of carboxylic acids is 1. The first-order valence-electron chi connectivity index (χ1n) is 14.7. The van der Waals surface area contributed by atoms with E-state index in [9.17, 15) is 36.3 Å². The molecule has 1 heterocycles. The van der Waals surface area contributed by atoms with Crippen LogP contribution in [-0.4, -0.2) is 45.9 Å². The molecule has 0 spiro atoms. The highest BCUT2D eigenvalue weighted by Crippen LogP contribution is 2.32. The van der Waals surface area contributed by atoms with Crippen LogP contribution in [0.5, 0.6) is 0 Å². The smallest absolute Gasteiger partial charge is 0.474 e. The molecule has 0 aliphatic heterocycles. The minimum Gasteiger partial charge on any atom is -0.474 e. The lowest BCUT2D eigenvalue weighted by atomic mass is 10.0. The molecular weight excluding hydrogens is 599 g/mol. The van der Waals surface area contributed by atoms with Crippen LogP contribution in [-0.2, 0) is 32.4 Å². The molecule has 240 valence electrons. The summed E-state index contributed by atoms with van der Waals surface area (Å²) in [6, 6.07) is 9.66. The molecule has 9 nitrogen and oxygen atoms in total. The van der Waals surface area contributed by atoms with E-state index in [1.54, 1.807) is 24.3 Å². The number of aromatic nitrogens is 2. The number of aliphatic carboxylic acids is 1. The molecule has 1 atom stereocenters. The number of carboxylic acid groups (broad SMARTS) is 1. The van der Waals surface area contributed by atoms with E-state index in [4.69, 9.17) is 4.52 Å². The molecule has 2 aromatic carbocycles. The molecule has 1 aromatic heterocycles. The summed E-state index contributed by atoms with van der Waals surface area (Å²) in [6.07, 6.45) is 11.6. The largest absolute Gasteiger partial charge is 0.501 e. The lowest BCUT2D eigenvalue weighted by Gasteiger charge is -2.28. The number of carbonyl (C=O) groups is 2. The number of aryl methyl sites for hydroxylation is 1. The standard InChI is InChI=1S/C31H38F3N3O6S/c1-3-4-5-6-7-8-9-10-11-12-27-35-28(43-36-27)25-15-13-23(14-16-25)21-37(29(38)30(39)40)22(2)24-17-19-26(20-18-24)44(41,42)31(32,33)34/h13-20,22H,3-12,21H2,1-2H3,(H,39,40). The number of carbonyl (C=O) groups excluding carboxylic acids is 1. The van der Waals surface area contributed by atoms with Gasteiger partial charge in [0.05, 0.1) is 10.9 Å². The van der Waals surface area contributed by atoms with Crippen LogP contribution in [0, 0.1) is 0 Å². The molecule has 44 heavy (non-hydrogen) atoms. The van der Waals surface area contributed by atoms with Gasteiger partial charge in [0.25, 0.3) is 15.7 Å². The van der Waals surface area contributed by atoms with E-state index in [0.29, 0.717) is 29.3 Å². The molecule has 0 bridgehead atoms. The van der Waals surface area contributed by atoms with Gasteiger partial charge < -0.3 is 14.5 Å². The minimum atomic E-state index is -5.55. The third-order valence-corrected chi connectivity index (χ3v) is 8.92. The van der Waals surface area contributed by atoms with E-state index in [2.05, 4.69) is 17.1 Å². The third kappa shape index (κ3) is 9.38. The lowest BCUT2D eigenvalue weighted by Crippen LogP contribution is -2.38. The first-order valence-corrected chi connectivity index (χ1v) is 16.2. The van der Waals surface area contributed by atoms with Crippen molar-refractivity contribution < 1.29 is 40.8 Å². The van der Waals surface area contributed by atoms with Crippen LogP contribution in [0.3, 0.4) is 0 Å². The molecule has 1 amide bonds. The fraction of sp³-hybridized carbons (Fsp3) is 0.484. The summed E-state index contributed by atoms with van der Waals surface area (Å²) in [6.45, 7) is 3.57. The highest BCUT2D eigenvalue weighted by molar-refractivity contribution is 7.92. The van der Waals surface area contributed by atoms with Gasteiger partial charge in [0, 0.05) is 18.5 Å². The molecule has 13 heteroatoms. The van der Waals surface area contributed by atoms with Gasteiger partial charge in [-0.1, -0.05) is 87.7 Å². The molecule has 3 rings (SSSR count). The maximum absolute atomic E-state index is 12.9.